The molecule has 0 saturated heterocycles. The lowest BCUT2D eigenvalue weighted by molar-refractivity contribution is -0.00378. The van der Waals surface area contributed by atoms with Gasteiger partial charge in [-0.1, -0.05) is 25.5 Å². The summed E-state index contributed by atoms with van der Waals surface area (Å²) >= 11 is 0. The molecule has 0 aliphatic heterocycles. The second kappa shape index (κ2) is 2.27. The number of rotatable bonds is 1. The van der Waals surface area contributed by atoms with E-state index in [1.165, 1.54) is 32.1 Å². The van der Waals surface area contributed by atoms with E-state index < -0.39 is 0 Å². The van der Waals surface area contributed by atoms with E-state index in [2.05, 4.69) is 32.3 Å². The smallest absolute Gasteiger partial charge is 0.0229 e. The van der Waals surface area contributed by atoms with Crippen LogP contribution in [0.5, 0.6) is 0 Å². The van der Waals surface area contributed by atoms with E-state index in [0.717, 1.165) is 0 Å². The van der Waals surface area contributed by atoms with E-state index >= 15 is 0 Å². The molecule has 4 aliphatic rings. The van der Waals surface area contributed by atoms with Crippen molar-refractivity contribution in [1.29, 1.82) is 0 Å². The van der Waals surface area contributed by atoms with Crippen molar-refractivity contribution in [2.24, 2.45) is 10.8 Å². The Labute approximate surface area is 87.0 Å². The molecule has 1 N–H and O–H groups in total. The zero-order chi connectivity index (χ0) is 10.0. The van der Waals surface area contributed by atoms with Gasteiger partial charge in [-0.3, -0.25) is 0 Å². The Morgan fingerprint density at radius 1 is 1.14 bits per heavy atom. The third kappa shape index (κ3) is 1.05. The quantitative estimate of drug-likeness (QED) is 0.628. The lowest BCUT2D eigenvalue weighted by Crippen LogP contribution is -2.60. The summed E-state index contributed by atoms with van der Waals surface area (Å²) in [6.45, 7) is 4.94. The first kappa shape index (κ1) is 8.96. The highest BCUT2D eigenvalue weighted by molar-refractivity contribution is 5.30. The zero-order valence-electron chi connectivity index (χ0n) is 9.61. The van der Waals surface area contributed by atoms with Gasteiger partial charge in [0.25, 0.3) is 0 Å². The number of nitrogens with one attached hydrogen (secondary N) is 1. The molecule has 4 aliphatic carbocycles. The van der Waals surface area contributed by atoms with E-state index in [4.69, 9.17) is 0 Å². The van der Waals surface area contributed by atoms with E-state index in [9.17, 15) is 0 Å². The Morgan fingerprint density at radius 3 is 2.50 bits per heavy atom. The average molecular weight is 191 g/mol. The standard InChI is InChI=1S/C13H21N/c1-11-4-10-5-12(2,7-11)9-13(6-10,8-11)14-3/h4,14H,5-9H2,1-3H3. The summed E-state index contributed by atoms with van der Waals surface area (Å²) in [6.07, 6.45) is 9.43. The van der Waals surface area contributed by atoms with Gasteiger partial charge < -0.3 is 5.32 Å². The van der Waals surface area contributed by atoms with Crippen LogP contribution in [-0.4, -0.2) is 12.6 Å². The molecule has 0 aromatic rings. The minimum absolute atomic E-state index is 0.448. The minimum Gasteiger partial charge on any atom is -0.314 e. The van der Waals surface area contributed by atoms with Crippen LogP contribution < -0.4 is 5.32 Å². The third-order valence-corrected chi connectivity index (χ3v) is 4.64. The topological polar surface area (TPSA) is 12.0 Å². The summed E-state index contributed by atoms with van der Waals surface area (Å²) in [4.78, 5) is 0. The molecule has 0 amide bonds. The number of hydrogen-bond donors (Lipinski definition) is 1. The van der Waals surface area contributed by atoms with Crippen molar-refractivity contribution in [2.75, 3.05) is 7.05 Å². The Balaban J connectivity index is 2.10. The van der Waals surface area contributed by atoms with Crippen LogP contribution in [0.25, 0.3) is 0 Å². The van der Waals surface area contributed by atoms with Crippen LogP contribution in [0.2, 0.25) is 0 Å². The molecule has 0 heterocycles. The fourth-order valence-electron chi connectivity index (χ4n) is 5.01. The van der Waals surface area contributed by atoms with Gasteiger partial charge in [0.15, 0.2) is 0 Å². The first-order valence-electron chi connectivity index (χ1n) is 5.86. The van der Waals surface area contributed by atoms with E-state index in [0.29, 0.717) is 16.4 Å². The molecule has 0 radical (unpaired) electrons. The van der Waals surface area contributed by atoms with Crippen LogP contribution in [0.4, 0.5) is 0 Å². The summed E-state index contributed by atoms with van der Waals surface area (Å²) in [5.41, 5.74) is 3.28. The first-order valence-corrected chi connectivity index (χ1v) is 5.86. The average Bonchev–Trinajstić information content (AvgIpc) is 1.97. The van der Waals surface area contributed by atoms with Crippen LogP contribution in [0, 0.1) is 10.8 Å². The summed E-state index contributed by atoms with van der Waals surface area (Å²) in [7, 11) is 2.15. The molecule has 3 atom stereocenters. The largest absolute Gasteiger partial charge is 0.314 e. The molecule has 4 bridgehead atoms. The fraction of sp³-hybridized carbons (Fsp3) is 0.846. The zero-order valence-corrected chi connectivity index (χ0v) is 9.61. The molecule has 1 nitrogen and oxygen atoms in total. The van der Waals surface area contributed by atoms with E-state index in [-0.39, 0.29) is 0 Å². The van der Waals surface area contributed by atoms with Gasteiger partial charge in [0.2, 0.25) is 0 Å². The van der Waals surface area contributed by atoms with Crippen molar-refractivity contribution >= 4 is 0 Å². The van der Waals surface area contributed by atoms with Gasteiger partial charge in [-0.05, 0) is 50.0 Å². The first-order chi connectivity index (χ1) is 6.47. The lowest BCUT2D eigenvalue weighted by atomic mass is 9.47. The van der Waals surface area contributed by atoms with Gasteiger partial charge in [-0.25, -0.2) is 0 Å². The van der Waals surface area contributed by atoms with Crippen molar-refractivity contribution in [3.8, 4) is 0 Å². The maximum atomic E-state index is 3.62. The molecule has 3 unspecified atom stereocenters. The monoisotopic (exact) mass is 191 g/mol. The highest BCUT2D eigenvalue weighted by Gasteiger charge is 2.56. The van der Waals surface area contributed by atoms with Gasteiger partial charge in [0.1, 0.15) is 0 Å². The van der Waals surface area contributed by atoms with Gasteiger partial charge in [-0.15, -0.1) is 0 Å². The van der Waals surface area contributed by atoms with Gasteiger partial charge in [0.05, 0.1) is 0 Å². The van der Waals surface area contributed by atoms with Crippen LogP contribution in [0.3, 0.4) is 0 Å². The molecular weight excluding hydrogens is 170 g/mol. The Bertz CT molecular complexity index is 319. The number of allylic oxidation sites excluding steroid dienone is 1. The molecule has 78 valence electrons. The molecule has 2 fully saturated rings. The van der Waals surface area contributed by atoms with Crippen LogP contribution >= 0.6 is 0 Å². The fourth-order valence-corrected chi connectivity index (χ4v) is 5.01. The summed E-state index contributed by atoms with van der Waals surface area (Å²) < 4.78 is 0. The van der Waals surface area contributed by atoms with Crippen LogP contribution in [0.15, 0.2) is 11.6 Å². The van der Waals surface area contributed by atoms with Gasteiger partial charge in [0, 0.05) is 5.54 Å². The maximum Gasteiger partial charge on any atom is 0.0229 e. The molecule has 2 saturated carbocycles. The second-order valence-corrected chi connectivity index (χ2v) is 6.68. The van der Waals surface area contributed by atoms with Crippen molar-refractivity contribution in [3.63, 3.8) is 0 Å². The summed E-state index contributed by atoms with van der Waals surface area (Å²) in [5.74, 6) is 0. The minimum atomic E-state index is 0.448. The molecule has 4 rings (SSSR count). The predicted molar refractivity (Wildman–Crippen MR) is 59.2 cm³/mol. The Kier molecular flexibility index (Phi) is 1.45. The molecule has 14 heavy (non-hydrogen) atoms. The lowest BCUT2D eigenvalue weighted by Gasteiger charge is -2.61. The SMILES string of the molecule is CNC12CC3=CC(C)(CC(C)(C3)C1)C2. The normalized spacial score (nSPS) is 54.9. The van der Waals surface area contributed by atoms with Gasteiger partial charge in [-0.2, -0.15) is 0 Å². The molecule has 1 heteroatoms. The molecular formula is C13H21N. The molecule has 0 spiro atoms. The van der Waals surface area contributed by atoms with Crippen molar-refractivity contribution in [2.45, 2.75) is 51.5 Å². The van der Waals surface area contributed by atoms with Crippen LogP contribution in [-0.2, 0) is 0 Å². The Morgan fingerprint density at radius 2 is 1.93 bits per heavy atom. The van der Waals surface area contributed by atoms with E-state index in [1.807, 2.05) is 0 Å². The van der Waals surface area contributed by atoms with Crippen molar-refractivity contribution < 1.29 is 0 Å². The van der Waals surface area contributed by atoms with Crippen molar-refractivity contribution in [3.05, 3.63) is 11.6 Å². The maximum absolute atomic E-state index is 3.62. The van der Waals surface area contributed by atoms with E-state index in [1.54, 1.807) is 5.57 Å². The summed E-state index contributed by atoms with van der Waals surface area (Å²) in [5, 5.41) is 3.62. The number of hydrogen-bond acceptors (Lipinski definition) is 1. The highest BCUT2D eigenvalue weighted by atomic mass is 15.0. The second-order valence-electron chi connectivity index (χ2n) is 6.68. The highest BCUT2D eigenvalue weighted by Crippen LogP contribution is 2.63. The van der Waals surface area contributed by atoms with Crippen LogP contribution in [0.1, 0.15) is 46.0 Å². The third-order valence-electron chi connectivity index (χ3n) is 4.64. The Hall–Kier alpha value is -0.300. The summed E-state index contributed by atoms with van der Waals surface area (Å²) in [6, 6.07) is 0. The van der Waals surface area contributed by atoms with Crippen molar-refractivity contribution in [1.82, 2.24) is 5.32 Å². The van der Waals surface area contributed by atoms with Gasteiger partial charge >= 0.3 is 0 Å². The molecule has 0 aromatic heterocycles. The molecule has 0 aromatic carbocycles. The predicted octanol–water partition coefficient (Wildman–Crippen LogP) is 2.87.